The molecule has 0 saturated carbocycles. The first-order valence-corrected chi connectivity index (χ1v) is 9.27. The number of benzene rings is 2. The lowest BCUT2D eigenvalue weighted by Crippen LogP contribution is -2.45. The lowest BCUT2D eigenvalue weighted by Gasteiger charge is -2.33. The van der Waals surface area contributed by atoms with Crippen LogP contribution in [0.15, 0.2) is 48.5 Å². The van der Waals surface area contributed by atoms with E-state index in [0.29, 0.717) is 17.2 Å². The van der Waals surface area contributed by atoms with Crippen molar-refractivity contribution in [2.45, 2.75) is 37.8 Å². The summed E-state index contributed by atoms with van der Waals surface area (Å²) in [6, 6.07) is 14.1. The summed E-state index contributed by atoms with van der Waals surface area (Å²) in [4.78, 5) is 23.4. The third kappa shape index (κ3) is 5.23. The fourth-order valence-corrected chi connectivity index (χ4v) is 3.55. The van der Waals surface area contributed by atoms with Gasteiger partial charge in [-0.15, -0.1) is 0 Å². The molecule has 2 aromatic carbocycles. The van der Waals surface area contributed by atoms with Gasteiger partial charge < -0.3 is 5.11 Å². The summed E-state index contributed by atoms with van der Waals surface area (Å²) in [5.74, 6) is 1.34. The first-order valence-electron chi connectivity index (χ1n) is 8.11. The van der Waals surface area contributed by atoms with Gasteiger partial charge in [0.25, 0.3) is 5.69 Å². The van der Waals surface area contributed by atoms with Crippen LogP contribution in [0.4, 0.5) is 16.2 Å². The van der Waals surface area contributed by atoms with E-state index in [4.69, 9.17) is 0 Å². The van der Waals surface area contributed by atoms with Gasteiger partial charge in [0.05, 0.1) is 4.92 Å². The van der Waals surface area contributed by atoms with Crippen molar-refractivity contribution in [2.24, 2.45) is 0 Å². The maximum absolute atomic E-state index is 11.6. The monoisotopic (exact) mass is 374 g/mol. The number of nitro groups is 1. The van der Waals surface area contributed by atoms with E-state index in [1.54, 1.807) is 30.0 Å². The molecule has 0 aliphatic rings. The van der Waals surface area contributed by atoms with Crippen LogP contribution in [0.2, 0.25) is 0 Å². The highest BCUT2D eigenvalue weighted by Gasteiger charge is 2.27. The molecule has 0 atom stereocenters. The molecule has 2 aromatic rings. The minimum absolute atomic E-state index is 0.0902. The van der Waals surface area contributed by atoms with E-state index in [-0.39, 0.29) is 5.69 Å². The summed E-state index contributed by atoms with van der Waals surface area (Å²) >= 11 is 1.63. The van der Waals surface area contributed by atoms with Crippen LogP contribution in [0.5, 0.6) is 0 Å². The number of carbonyl (C=O) groups is 1. The van der Waals surface area contributed by atoms with E-state index in [9.17, 15) is 20.0 Å². The smallest absolute Gasteiger partial charge is 0.412 e. The molecule has 2 rings (SSSR count). The van der Waals surface area contributed by atoms with E-state index >= 15 is 0 Å². The Morgan fingerprint density at radius 1 is 1.12 bits per heavy atom. The molecule has 1 amide bonds. The lowest BCUT2D eigenvalue weighted by molar-refractivity contribution is -0.384. The van der Waals surface area contributed by atoms with Gasteiger partial charge in [-0.05, 0) is 44.0 Å². The second-order valence-corrected chi connectivity index (χ2v) is 7.86. The Morgan fingerprint density at radius 2 is 1.69 bits per heavy atom. The van der Waals surface area contributed by atoms with Gasteiger partial charge in [0, 0.05) is 34.9 Å². The quantitative estimate of drug-likeness (QED) is 0.547. The number of carboxylic acid groups (broad SMARTS) is 1. The van der Waals surface area contributed by atoms with E-state index in [1.165, 1.54) is 11.0 Å². The van der Waals surface area contributed by atoms with Gasteiger partial charge in [0.1, 0.15) is 0 Å². The summed E-state index contributed by atoms with van der Waals surface area (Å²) in [6.45, 7) is 5.56. The molecule has 0 spiro atoms. The zero-order valence-electron chi connectivity index (χ0n) is 15.0. The highest BCUT2D eigenvalue weighted by atomic mass is 32.2. The molecule has 0 radical (unpaired) electrons. The van der Waals surface area contributed by atoms with Crippen molar-refractivity contribution in [1.29, 1.82) is 0 Å². The topological polar surface area (TPSA) is 83.7 Å². The number of non-ortho nitro benzene ring substituents is 1. The van der Waals surface area contributed by atoms with Gasteiger partial charge in [-0.25, -0.2) is 4.79 Å². The number of nitro benzene ring substituents is 1. The first kappa shape index (κ1) is 19.8. The van der Waals surface area contributed by atoms with E-state index in [1.807, 2.05) is 45.0 Å². The minimum atomic E-state index is -0.987. The van der Waals surface area contributed by atoms with Crippen molar-refractivity contribution in [1.82, 2.24) is 0 Å². The average molecular weight is 374 g/mol. The van der Waals surface area contributed by atoms with Crippen molar-refractivity contribution in [2.75, 3.05) is 4.90 Å². The number of hydrogen-bond acceptors (Lipinski definition) is 4. The van der Waals surface area contributed by atoms with Crippen LogP contribution in [0.1, 0.15) is 31.9 Å². The molecule has 6 nitrogen and oxygen atoms in total. The summed E-state index contributed by atoms with van der Waals surface area (Å²) in [5, 5.41) is 20.3. The molecule has 0 bridgehead atoms. The summed E-state index contributed by atoms with van der Waals surface area (Å²) in [7, 11) is 0. The second-order valence-electron chi connectivity index (χ2n) is 6.88. The Bertz CT molecular complexity index is 802. The largest absolute Gasteiger partial charge is 0.465 e. The highest BCUT2D eigenvalue weighted by molar-refractivity contribution is 7.97. The number of thioether (sulfide) groups is 1. The normalized spacial score (nSPS) is 11.2. The van der Waals surface area contributed by atoms with Crippen LogP contribution in [-0.2, 0) is 11.5 Å². The molecule has 1 N–H and O–H groups in total. The van der Waals surface area contributed by atoms with Crippen LogP contribution in [0.3, 0.4) is 0 Å². The fourth-order valence-electron chi connectivity index (χ4n) is 2.62. The van der Waals surface area contributed by atoms with Crippen molar-refractivity contribution in [3.8, 4) is 0 Å². The summed E-state index contributed by atoms with van der Waals surface area (Å²) < 4.78 is 0. The van der Waals surface area contributed by atoms with Crippen LogP contribution in [0, 0.1) is 10.1 Å². The van der Waals surface area contributed by atoms with Crippen molar-refractivity contribution in [3.05, 3.63) is 69.8 Å². The van der Waals surface area contributed by atoms with Crippen LogP contribution >= 0.6 is 11.8 Å². The number of nitrogens with zero attached hydrogens (tertiary/aromatic N) is 2. The van der Waals surface area contributed by atoms with Crippen LogP contribution < -0.4 is 4.90 Å². The third-order valence-electron chi connectivity index (χ3n) is 3.69. The van der Waals surface area contributed by atoms with E-state index in [0.717, 1.165) is 11.1 Å². The molecule has 0 fully saturated rings. The molecule has 7 heteroatoms. The molecular formula is C19H22N2O4S. The van der Waals surface area contributed by atoms with Crippen LogP contribution in [-0.4, -0.2) is 21.7 Å². The maximum Gasteiger partial charge on any atom is 0.412 e. The zero-order chi connectivity index (χ0) is 19.3. The molecule has 0 saturated heterocycles. The molecule has 0 aliphatic heterocycles. The van der Waals surface area contributed by atoms with Gasteiger partial charge in [-0.3, -0.25) is 15.0 Å². The summed E-state index contributed by atoms with van der Waals surface area (Å²) in [5.41, 5.74) is 2.09. The van der Waals surface area contributed by atoms with Crippen molar-refractivity contribution in [3.63, 3.8) is 0 Å². The number of hydrogen-bond donors (Lipinski definition) is 1. The highest BCUT2D eigenvalue weighted by Crippen LogP contribution is 2.27. The number of amides is 1. The Hall–Kier alpha value is -2.54. The lowest BCUT2D eigenvalue weighted by atomic mass is 10.0. The summed E-state index contributed by atoms with van der Waals surface area (Å²) in [6.07, 6.45) is -0.987. The van der Waals surface area contributed by atoms with Crippen molar-refractivity contribution < 1.29 is 14.8 Å². The van der Waals surface area contributed by atoms with Gasteiger partial charge in [0.15, 0.2) is 0 Å². The SMILES string of the molecule is CC(C)(C)N(C(=O)O)c1cccc(CSCc2cccc([N+](=O)[O-])c2)c1. The zero-order valence-corrected chi connectivity index (χ0v) is 15.8. The van der Waals surface area contributed by atoms with Gasteiger partial charge in [-0.1, -0.05) is 24.3 Å². The van der Waals surface area contributed by atoms with E-state index < -0.39 is 16.6 Å². The number of anilines is 1. The van der Waals surface area contributed by atoms with Gasteiger partial charge >= 0.3 is 6.09 Å². The van der Waals surface area contributed by atoms with Gasteiger partial charge in [-0.2, -0.15) is 11.8 Å². The second kappa shape index (κ2) is 8.23. The third-order valence-corrected chi connectivity index (χ3v) is 4.76. The van der Waals surface area contributed by atoms with Gasteiger partial charge in [0.2, 0.25) is 0 Å². The predicted molar refractivity (Wildman–Crippen MR) is 105 cm³/mol. The molecule has 0 aliphatic carbocycles. The Morgan fingerprint density at radius 3 is 2.23 bits per heavy atom. The molecular weight excluding hydrogens is 352 g/mol. The molecule has 138 valence electrons. The Labute approximate surface area is 157 Å². The molecule has 0 unspecified atom stereocenters. The maximum atomic E-state index is 11.6. The van der Waals surface area contributed by atoms with Crippen molar-refractivity contribution >= 4 is 29.2 Å². The standard InChI is InChI=1S/C19H22N2O4S/c1-19(2,3)20(18(22)23)16-8-4-6-14(10-16)12-26-13-15-7-5-9-17(11-15)21(24)25/h4-11H,12-13H2,1-3H3,(H,22,23). The minimum Gasteiger partial charge on any atom is -0.465 e. The molecule has 26 heavy (non-hydrogen) atoms. The molecule has 0 heterocycles. The van der Waals surface area contributed by atoms with E-state index in [2.05, 4.69) is 0 Å². The average Bonchev–Trinajstić information content (AvgIpc) is 2.54. The Kier molecular flexibility index (Phi) is 6.26. The predicted octanol–water partition coefficient (Wildman–Crippen LogP) is 5.31. The Balaban J connectivity index is 2.06. The number of rotatable bonds is 6. The molecule has 0 aromatic heterocycles. The van der Waals surface area contributed by atoms with Crippen LogP contribution in [0.25, 0.3) is 0 Å². The first-order chi connectivity index (χ1) is 12.2. The fraction of sp³-hybridized carbons (Fsp3) is 0.316.